The number of rotatable bonds is 5. The van der Waals surface area contributed by atoms with Gasteiger partial charge in [0.2, 0.25) is 0 Å². The Morgan fingerprint density at radius 1 is 0.281 bits per heavy atom. The summed E-state index contributed by atoms with van der Waals surface area (Å²) in [6.45, 7) is 0. The van der Waals surface area contributed by atoms with E-state index in [0.29, 0.717) is 0 Å². The summed E-state index contributed by atoms with van der Waals surface area (Å²) < 4.78 is 11.3. The maximum Gasteiger partial charge on any atom is 0.137 e. The molecule has 266 valence electrons. The Bertz CT molecular complexity index is 3490. The van der Waals surface area contributed by atoms with Crippen LogP contribution in [0.4, 0.5) is 0 Å². The molecule has 0 saturated heterocycles. The summed E-state index contributed by atoms with van der Waals surface area (Å²) in [6.07, 6.45) is 0. The Balaban J connectivity index is 0.978. The summed E-state index contributed by atoms with van der Waals surface area (Å²) in [6, 6.07) is 74.4. The van der Waals surface area contributed by atoms with Crippen LogP contribution in [0.25, 0.3) is 110 Å². The highest BCUT2D eigenvalue weighted by Crippen LogP contribution is 2.41. The topological polar surface area (TPSA) is 23.0 Å². The predicted octanol–water partition coefficient (Wildman–Crippen LogP) is 14.8. The molecule has 0 spiro atoms. The van der Waals surface area contributed by atoms with Gasteiger partial charge in [-0.2, -0.15) is 0 Å². The minimum Gasteiger partial charge on any atom is -0.456 e. The van der Waals surface area contributed by atoms with Gasteiger partial charge in [0.1, 0.15) is 11.2 Å². The van der Waals surface area contributed by atoms with Gasteiger partial charge < -0.3 is 13.6 Å². The Morgan fingerprint density at radius 3 is 1.44 bits per heavy atom. The van der Waals surface area contributed by atoms with Crippen molar-refractivity contribution in [3.8, 4) is 44.8 Å². The van der Waals surface area contributed by atoms with Gasteiger partial charge in [-0.05, 0) is 100 Å². The van der Waals surface area contributed by atoms with E-state index < -0.39 is 0 Å². The Hall–Kier alpha value is -7.62. The van der Waals surface area contributed by atoms with Crippen LogP contribution < -0.4 is 0 Å². The second-order valence-electron chi connectivity index (χ2n) is 14.9. The van der Waals surface area contributed by atoms with Crippen LogP contribution in [0, 0.1) is 0 Å². The van der Waals surface area contributed by atoms with Gasteiger partial charge in [0.05, 0.1) is 22.1 Å². The van der Waals surface area contributed by atoms with Crippen LogP contribution in [0.1, 0.15) is 0 Å². The van der Waals surface area contributed by atoms with Crippen LogP contribution in [0.15, 0.2) is 211 Å². The number of aromatic nitrogens is 2. The average Bonchev–Trinajstić information content (AvgIpc) is 3.94. The maximum atomic E-state index is 6.56. The van der Waals surface area contributed by atoms with Gasteiger partial charge in [-0.25, -0.2) is 0 Å². The molecule has 0 aliphatic rings. The van der Waals surface area contributed by atoms with Gasteiger partial charge in [-0.1, -0.05) is 133 Å². The minimum absolute atomic E-state index is 0.882. The summed E-state index contributed by atoms with van der Waals surface area (Å²) in [7, 11) is 0. The molecule has 0 amide bonds. The first kappa shape index (κ1) is 31.7. The zero-order chi connectivity index (χ0) is 37.5. The van der Waals surface area contributed by atoms with Crippen molar-refractivity contribution < 1.29 is 4.42 Å². The van der Waals surface area contributed by atoms with Gasteiger partial charge in [-0.15, -0.1) is 0 Å². The SMILES string of the molecule is c1ccc(-c2ccc(-n3c4ccccc4c4cc(-c5ccc6c(c5)c5ccccc5n6-c5ccc6c(c5)oc5cccc(-c7ccccc7)c56)ccc43)cc2)cc1. The second kappa shape index (κ2) is 12.5. The van der Waals surface area contributed by atoms with Crippen molar-refractivity contribution in [2.45, 2.75) is 0 Å². The highest BCUT2D eigenvalue weighted by Gasteiger charge is 2.18. The van der Waals surface area contributed by atoms with Crippen LogP contribution >= 0.6 is 0 Å². The molecule has 0 aliphatic heterocycles. The lowest BCUT2D eigenvalue weighted by molar-refractivity contribution is 0.668. The van der Waals surface area contributed by atoms with Crippen molar-refractivity contribution in [1.82, 2.24) is 9.13 Å². The van der Waals surface area contributed by atoms with E-state index in [9.17, 15) is 0 Å². The van der Waals surface area contributed by atoms with E-state index in [4.69, 9.17) is 4.42 Å². The molecule has 0 bridgehead atoms. The monoisotopic (exact) mass is 726 g/mol. The highest BCUT2D eigenvalue weighted by molar-refractivity contribution is 6.15. The van der Waals surface area contributed by atoms with Crippen LogP contribution in [0.3, 0.4) is 0 Å². The van der Waals surface area contributed by atoms with Gasteiger partial charge >= 0.3 is 0 Å². The summed E-state index contributed by atoms with van der Waals surface area (Å²) >= 11 is 0. The van der Waals surface area contributed by atoms with Gasteiger partial charge in [-0.3, -0.25) is 0 Å². The first-order valence-electron chi connectivity index (χ1n) is 19.5. The molecule has 3 nitrogen and oxygen atoms in total. The lowest BCUT2D eigenvalue weighted by atomic mass is 9.99. The number of hydrogen-bond acceptors (Lipinski definition) is 1. The lowest BCUT2D eigenvalue weighted by Gasteiger charge is -2.10. The van der Waals surface area contributed by atoms with Crippen molar-refractivity contribution in [3.05, 3.63) is 206 Å². The minimum atomic E-state index is 0.882. The van der Waals surface area contributed by atoms with Crippen molar-refractivity contribution in [2.75, 3.05) is 0 Å². The third-order valence-electron chi connectivity index (χ3n) is 11.7. The molecule has 3 heteroatoms. The van der Waals surface area contributed by atoms with Crippen LogP contribution in [0.2, 0.25) is 0 Å². The fraction of sp³-hybridized carbons (Fsp3) is 0. The Labute approximate surface area is 328 Å². The molecule has 0 radical (unpaired) electrons. The smallest absolute Gasteiger partial charge is 0.137 e. The molecule has 0 aliphatic carbocycles. The maximum absolute atomic E-state index is 6.56. The van der Waals surface area contributed by atoms with E-state index in [1.54, 1.807) is 0 Å². The van der Waals surface area contributed by atoms with E-state index in [0.717, 1.165) is 38.8 Å². The fourth-order valence-corrected chi connectivity index (χ4v) is 9.11. The quantitative estimate of drug-likeness (QED) is 0.173. The van der Waals surface area contributed by atoms with Gasteiger partial charge in [0.15, 0.2) is 0 Å². The molecule has 0 saturated carbocycles. The fourth-order valence-electron chi connectivity index (χ4n) is 9.11. The zero-order valence-electron chi connectivity index (χ0n) is 30.9. The zero-order valence-corrected chi connectivity index (χ0v) is 30.9. The molecule has 3 aromatic heterocycles. The first-order chi connectivity index (χ1) is 28.3. The summed E-state index contributed by atoms with van der Waals surface area (Å²) in [4.78, 5) is 0. The van der Waals surface area contributed by atoms with Gasteiger partial charge in [0.25, 0.3) is 0 Å². The normalized spacial score (nSPS) is 11.9. The van der Waals surface area contributed by atoms with Crippen molar-refractivity contribution in [3.63, 3.8) is 0 Å². The lowest BCUT2D eigenvalue weighted by Crippen LogP contribution is -1.94. The third kappa shape index (κ3) is 4.92. The first-order valence-corrected chi connectivity index (χ1v) is 19.5. The predicted molar refractivity (Wildman–Crippen MR) is 239 cm³/mol. The average molecular weight is 727 g/mol. The summed E-state index contributed by atoms with van der Waals surface area (Å²) in [5, 5.41) is 7.21. The molecule has 0 unspecified atom stereocenters. The van der Waals surface area contributed by atoms with Crippen LogP contribution in [-0.2, 0) is 0 Å². The second-order valence-corrected chi connectivity index (χ2v) is 14.9. The highest BCUT2D eigenvalue weighted by atomic mass is 16.3. The van der Waals surface area contributed by atoms with E-state index in [1.807, 2.05) is 0 Å². The molecule has 0 atom stereocenters. The number of fused-ring (bicyclic) bond motifs is 9. The largest absolute Gasteiger partial charge is 0.456 e. The van der Waals surface area contributed by atoms with Crippen LogP contribution in [-0.4, -0.2) is 9.13 Å². The Kier molecular flexibility index (Phi) is 6.93. The molecular formula is C54H34N2O. The molecule has 57 heavy (non-hydrogen) atoms. The molecule has 9 aromatic carbocycles. The summed E-state index contributed by atoms with van der Waals surface area (Å²) in [5.41, 5.74) is 15.9. The van der Waals surface area contributed by atoms with E-state index in [1.165, 1.54) is 71.5 Å². The third-order valence-corrected chi connectivity index (χ3v) is 11.7. The van der Waals surface area contributed by atoms with E-state index >= 15 is 0 Å². The molecular weight excluding hydrogens is 693 g/mol. The number of nitrogens with zero attached hydrogens (tertiary/aromatic N) is 2. The van der Waals surface area contributed by atoms with Crippen molar-refractivity contribution in [2.24, 2.45) is 0 Å². The molecule has 12 aromatic rings. The molecule has 12 rings (SSSR count). The standard InChI is InChI=1S/C54H34N2O/c1-3-12-35(13-4-1)36-22-26-40(27-23-36)55-48-19-9-7-16-43(48)46-32-38(24-30-50(46)55)39-25-31-51-47(33-39)44-17-8-10-20-49(44)56(51)41-28-29-45-53(34-41)57-52-21-11-18-42(54(45)52)37-14-5-2-6-15-37/h1-34H. The number of hydrogen-bond donors (Lipinski definition) is 0. The van der Waals surface area contributed by atoms with E-state index in [-0.39, 0.29) is 0 Å². The molecule has 0 fully saturated rings. The number of benzene rings is 9. The van der Waals surface area contributed by atoms with Crippen molar-refractivity contribution >= 4 is 65.6 Å². The molecule has 0 N–H and O–H groups in total. The van der Waals surface area contributed by atoms with Crippen molar-refractivity contribution in [1.29, 1.82) is 0 Å². The van der Waals surface area contributed by atoms with Crippen LogP contribution in [0.5, 0.6) is 0 Å². The van der Waals surface area contributed by atoms with E-state index in [2.05, 4.69) is 215 Å². The van der Waals surface area contributed by atoms with Gasteiger partial charge in [0, 0.05) is 49.8 Å². The Morgan fingerprint density at radius 2 is 0.789 bits per heavy atom. The molecule has 3 heterocycles. The summed E-state index contributed by atoms with van der Waals surface area (Å²) in [5.74, 6) is 0. The number of furan rings is 1. The number of para-hydroxylation sites is 2.